The summed E-state index contributed by atoms with van der Waals surface area (Å²) in [5.41, 5.74) is 0.761. The van der Waals surface area contributed by atoms with Gasteiger partial charge in [-0.25, -0.2) is 0 Å². The van der Waals surface area contributed by atoms with Crippen LogP contribution in [0.4, 0.5) is 5.69 Å². The minimum Gasteiger partial charge on any atom is -0.507 e. The summed E-state index contributed by atoms with van der Waals surface area (Å²) in [6, 6.07) is 11.4. The summed E-state index contributed by atoms with van der Waals surface area (Å²) >= 11 is 6.09. The van der Waals surface area contributed by atoms with Crippen molar-refractivity contribution >= 4 is 34.7 Å². The van der Waals surface area contributed by atoms with Gasteiger partial charge in [0.15, 0.2) is 0 Å². The quantitative estimate of drug-likeness (QED) is 0.0471. The van der Waals surface area contributed by atoms with Crippen molar-refractivity contribution in [2.24, 2.45) is 0 Å². The highest BCUT2D eigenvalue weighted by Crippen LogP contribution is 2.40. The summed E-state index contributed by atoms with van der Waals surface area (Å²) in [6.45, 7) is 2.64. The van der Waals surface area contributed by atoms with E-state index in [4.69, 9.17) is 11.6 Å². The number of halogens is 1. The van der Waals surface area contributed by atoms with Crippen LogP contribution >= 0.6 is 11.6 Å². The molecule has 1 fully saturated rings. The highest BCUT2D eigenvalue weighted by molar-refractivity contribution is 6.46. The Morgan fingerprint density at radius 2 is 1.29 bits per heavy atom. The van der Waals surface area contributed by atoms with E-state index < -0.39 is 22.7 Å². The molecule has 1 N–H and O–H groups in total. The fourth-order valence-corrected chi connectivity index (χ4v) is 5.60. The molecule has 1 amide bonds. The fourth-order valence-electron chi connectivity index (χ4n) is 5.48. The number of nitrogens with zero attached hydrogens (tertiary/aromatic N) is 2. The second-order valence-corrected chi connectivity index (χ2v) is 11.4. The van der Waals surface area contributed by atoms with E-state index in [9.17, 15) is 24.8 Å². The van der Waals surface area contributed by atoms with Gasteiger partial charge in [0, 0.05) is 29.3 Å². The van der Waals surface area contributed by atoms with Crippen LogP contribution in [0.15, 0.2) is 54.1 Å². The number of carbonyl (C=O) groups excluding carboxylic acids is 2. The molecule has 0 bridgehead atoms. The number of rotatable bonds is 18. The number of unbranched alkanes of at least 4 members (excludes halogenated alkanes) is 13. The molecule has 2 aromatic rings. The van der Waals surface area contributed by atoms with Crippen LogP contribution in [0.3, 0.4) is 0 Å². The average Bonchev–Trinajstić information content (AvgIpc) is 3.22. The first-order valence-corrected chi connectivity index (χ1v) is 15.5. The molecule has 1 aliphatic rings. The third-order valence-corrected chi connectivity index (χ3v) is 8.08. The number of ketones is 1. The number of hydrogen-bond acceptors (Lipinski definition) is 5. The molecule has 0 spiro atoms. The van der Waals surface area contributed by atoms with E-state index in [1.807, 2.05) is 0 Å². The van der Waals surface area contributed by atoms with Crippen molar-refractivity contribution in [3.63, 3.8) is 0 Å². The van der Waals surface area contributed by atoms with Gasteiger partial charge in [0.05, 0.1) is 16.5 Å². The van der Waals surface area contributed by atoms with Crippen molar-refractivity contribution in [3.05, 3.63) is 80.4 Å². The van der Waals surface area contributed by atoms with Gasteiger partial charge in [0.2, 0.25) is 0 Å². The zero-order valence-corrected chi connectivity index (χ0v) is 24.9. The van der Waals surface area contributed by atoms with Crippen molar-refractivity contribution in [2.75, 3.05) is 6.54 Å². The van der Waals surface area contributed by atoms with Crippen LogP contribution in [-0.4, -0.2) is 33.2 Å². The van der Waals surface area contributed by atoms with Gasteiger partial charge in [-0.2, -0.15) is 0 Å². The molecule has 222 valence electrons. The summed E-state index contributed by atoms with van der Waals surface area (Å²) in [7, 11) is 0. The Morgan fingerprint density at radius 3 is 1.78 bits per heavy atom. The maximum absolute atomic E-state index is 13.2. The number of nitro benzene ring substituents is 1. The number of nitro groups is 1. The Labute approximate surface area is 248 Å². The summed E-state index contributed by atoms with van der Waals surface area (Å²) in [5.74, 6) is -1.75. The first-order valence-electron chi connectivity index (χ1n) is 15.1. The number of benzene rings is 2. The molecule has 1 atom stereocenters. The fraction of sp³-hybridized carbons (Fsp3) is 0.515. The van der Waals surface area contributed by atoms with Gasteiger partial charge in [-0.3, -0.25) is 19.7 Å². The molecule has 8 heteroatoms. The highest BCUT2D eigenvalue weighted by atomic mass is 35.5. The van der Waals surface area contributed by atoms with Crippen LogP contribution in [0.25, 0.3) is 5.76 Å². The molecular weight excluding hydrogens is 540 g/mol. The Bertz CT molecular complexity index is 1180. The van der Waals surface area contributed by atoms with Crippen LogP contribution in [0.5, 0.6) is 0 Å². The predicted molar refractivity (Wildman–Crippen MR) is 164 cm³/mol. The minimum absolute atomic E-state index is 0.0171. The van der Waals surface area contributed by atoms with E-state index in [2.05, 4.69) is 6.92 Å². The molecule has 41 heavy (non-hydrogen) atoms. The van der Waals surface area contributed by atoms with E-state index in [0.717, 1.165) is 25.7 Å². The number of amides is 1. The number of non-ortho nitro benzene ring substituents is 1. The van der Waals surface area contributed by atoms with Crippen LogP contribution < -0.4 is 0 Å². The lowest BCUT2D eigenvalue weighted by Gasteiger charge is -2.25. The molecule has 0 radical (unpaired) electrons. The van der Waals surface area contributed by atoms with Gasteiger partial charge in [-0.15, -0.1) is 0 Å². The molecule has 0 aliphatic carbocycles. The van der Waals surface area contributed by atoms with Gasteiger partial charge >= 0.3 is 0 Å². The number of aliphatic hydroxyl groups is 1. The maximum Gasteiger partial charge on any atom is 0.295 e. The summed E-state index contributed by atoms with van der Waals surface area (Å²) in [5, 5.41) is 22.7. The lowest BCUT2D eigenvalue weighted by Crippen LogP contribution is -2.30. The van der Waals surface area contributed by atoms with Crippen LogP contribution in [0, 0.1) is 10.1 Å². The Kier molecular flexibility index (Phi) is 13.3. The van der Waals surface area contributed by atoms with Crippen LogP contribution in [0.1, 0.15) is 114 Å². The number of Topliss-reactive ketones (excluding diaryl/α,β-unsaturated/α-hetero) is 1. The first kappa shape index (κ1) is 32.3. The number of aliphatic hydroxyl groups excluding tert-OH is 1. The Morgan fingerprint density at radius 1 is 0.805 bits per heavy atom. The topological polar surface area (TPSA) is 101 Å². The van der Waals surface area contributed by atoms with Crippen LogP contribution in [0.2, 0.25) is 5.02 Å². The van der Waals surface area contributed by atoms with Gasteiger partial charge in [0.25, 0.3) is 17.4 Å². The van der Waals surface area contributed by atoms with Gasteiger partial charge in [-0.1, -0.05) is 114 Å². The number of likely N-dealkylation sites (tertiary alicyclic amines) is 1. The molecule has 7 nitrogen and oxygen atoms in total. The summed E-state index contributed by atoms with van der Waals surface area (Å²) in [6.07, 6.45) is 17.2. The molecule has 3 rings (SSSR count). The van der Waals surface area contributed by atoms with E-state index in [1.54, 1.807) is 24.3 Å². The monoisotopic (exact) mass is 582 g/mol. The van der Waals surface area contributed by atoms with Crippen molar-refractivity contribution in [1.82, 2.24) is 4.90 Å². The smallest absolute Gasteiger partial charge is 0.295 e. The lowest BCUT2D eigenvalue weighted by atomic mass is 9.95. The zero-order valence-electron chi connectivity index (χ0n) is 24.2. The molecule has 1 unspecified atom stereocenters. The highest BCUT2D eigenvalue weighted by Gasteiger charge is 2.45. The van der Waals surface area contributed by atoms with Crippen molar-refractivity contribution in [1.29, 1.82) is 0 Å². The third kappa shape index (κ3) is 9.42. The van der Waals surface area contributed by atoms with Gasteiger partial charge in [-0.05, 0) is 36.2 Å². The molecular formula is C33H43ClN2O5. The Balaban J connectivity index is 1.56. The van der Waals surface area contributed by atoms with E-state index in [1.165, 1.54) is 93.4 Å². The number of carbonyl (C=O) groups is 2. The van der Waals surface area contributed by atoms with Gasteiger partial charge in [0.1, 0.15) is 5.76 Å². The second kappa shape index (κ2) is 16.9. The molecule has 1 aliphatic heterocycles. The second-order valence-electron chi connectivity index (χ2n) is 10.9. The molecule has 1 heterocycles. The summed E-state index contributed by atoms with van der Waals surface area (Å²) in [4.78, 5) is 38.3. The minimum atomic E-state index is -0.760. The summed E-state index contributed by atoms with van der Waals surface area (Å²) < 4.78 is 0. The van der Waals surface area contributed by atoms with Crippen molar-refractivity contribution in [3.8, 4) is 0 Å². The van der Waals surface area contributed by atoms with Crippen molar-refractivity contribution in [2.45, 2.75) is 103 Å². The third-order valence-electron chi connectivity index (χ3n) is 7.83. The lowest BCUT2D eigenvalue weighted by molar-refractivity contribution is -0.384. The largest absolute Gasteiger partial charge is 0.507 e. The van der Waals surface area contributed by atoms with E-state index in [0.29, 0.717) is 17.1 Å². The molecule has 0 saturated carbocycles. The van der Waals surface area contributed by atoms with Crippen LogP contribution in [-0.2, 0) is 9.59 Å². The zero-order chi connectivity index (χ0) is 29.6. The average molecular weight is 583 g/mol. The Hall–Kier alpha value is -3.19. The number of hydrogen-bond donors (Lipinski definition) is 1. The standard InChI is InChI=1S/C33H43ClN2O5/c1-2-3-4-5-6-7-8-9-10-11-12-13-14-15-24-35-30(25-16-20-27(34)21-17-25)29(32(38)33(35)39)31(37)26-18-22-28(23-19-26)36(40)41/h16-23,30,37H,2-15,24H2,1H3/b31-29+. The molecule has 2 aromatic carbocycles. The van der Waals surface area contributed by atoms with Crippen molar-refractivity contribution < 1.29 is 19.6 Å². The van der Waals surface area contributed by atoms with E-state index in [-0.39, 0.29) is 22.6 Å². The normalized spacial score (nSPS) is 16.4. The van der Waals surface area contributed by atoms with Gasteiger partial charge < -0.3 is 10.0 Å². The first-order chi connectivity index (χ1) is 19.8. The predicted octanol–water partition coefficient (Wildman–Crippen LogP) is 9.15. The van der Waals surface area contributed by atoms with E-state index >= 15 is 0 Å². The molecule has 1 saturated heterocycles. The SMILES string of the molecule is CCCCCCCCCCCCCCCCN1C(=O)C(=O)/C(=C(/O)c2ccc([N+](=O)[O-])cc2)C1c1ccc(Cl)cc1. The maximum atomic E-state index is 13.2. The molecule has 0 aromatic heterocycles.